The first-order chi connectivity index (χ1) is 9.26. The number of aliphatic hydroxyl groups is 1. The van der Waals surface area contributed by atoms with Crippen molar-refractivity contribution in [3.05, 3.63) is 35.9 Å². The van der Waals surface area contributed by atoms with Crippen LogP contribution in [-0.2, 0) is 6.42 Å². The summed E-state index contributed by atoms with van der Waals surface area (Å²) in [7, 11) is 0. The van der Waals surface area contributed by atoms with Gasteiger partial charge in [0, 0.05) is 19.2 Å². The molecular weight excluding hydrogens is 240 g/mol. The number of amides is 2. The molecule has 106 valence electrons. The third kappa shape index (κ3) is 6.82. The minimum atomic E-state index is -0.150. The van der Waals surface area contributed by atoms with E-state index >= 15 is 0 Å². The SMILES string of the molecule is CCCC(Cc1ccccc1)NC(=O)NCCCO. The molecule has 0 aliphatic rings. The minimum absolute atomic E-state index is 0.0999. The number of benzene rings is 1. The number of nitrogens with one attached hydrogen (secondary N) is 2. The highest BCUT2D eigenvalue weighted by Gasteiger charge is 2.11. The van der Waals surface area contributed by atoms with Crippen molar-refractivity contribution in [1.29, 1.82) is 0 Å². The molecule has 0 fully saturated rings. The van der Waals surface area contributed by atoms with Crippen molar-refractivity contribution in [3.8, 4) is 0 Å². The fourth-order valence-electron chi connectivity index (χ4n) is 1.99. The molecule has 19 heavy (non-hydrogen) atoms. The van der Waals surface area contributed by atoms with Crippen LogP contribution in [-0.4, -0.2) is 30.3 Å². The highest BCUT2D eigenvalue weighted by molar-refractivity contribution is 5.74. The van der Waals surface area contributed by atoms with Gasteiger partial charge in [-0.3, -0.25) is 0 Å². The van der Waals surface area contributed by atoms with E-state index in [9.17, 15) is 4.79 Å². The first-order valence-corrected chi connectivity index (χ1v) is 6.95. The summed E-state index contributed by atoms with van der Waals surface area (Å²) in [6.07, 6.45) is 3.43. The molecule has 4 nitrogen and oxygen atoms in total. The van der Waals surface area contributed by atoms with Crippen molar-refractivity contribution >= 4 is 6.03 Å². The molecule has 2 amide bonds. The second kappa shape index (κ2) is 9.39. The molecule has 0 spiro atoms. The van der Waals surface area contributed by atoms with E-state index < -0.39 is 0 Å². The quantitative estimate of drug-likeness (QED) is 0.630. The number of rotatable bonds is 8. The molecule has 4 heteroatoms. The molecule has 0 saturated heterocycles. The van der Waals surface area contributed by atoms with Crippen molar-refractivity contribution < 1.29 is 9.90 Å². The molecule has 0 bridgehead atoms. The van der Waals surface area contributed by atoms with Crippen LogP contribution in [0, 0.1) is 0 Å². The lowest BCUT2D eigenvalue weighted by Crippen LogP contribution is -2.43. The monoisotopic (exact) mass is 264 g/mol. The second-order valence-corrected chi connectivity index (χ2v) is 4.65. The highest BCUT2D eigenvalue weighted by atomic mass is 16.3. The van der Waals surface area contributed by atoms with E-state index in [1.54, 1.807) is 0 Å². The Balaban J connectivity index is 2.41. The topological polar surface area (TPSA) is 61.4 Å². The van der Waals surface area contributed by atoms with Gasteiger partial charge in [-0.05, 0) is 24.8 Å². The zero-order valence-corrected chi connectivity index (χ0v) is 11.6. The van der Waals surface area contributed by atoms with Crippen LogP contribution < -0.4 is 10.6 Å². The summed E-state index contributed by atoms with van der Waals surface area (Å²) in [4.78, 5) is 11.7. The predicted molar refractivity (Wildman–Crippen MR) is 77.1 cm³/mol. The third-order valence-electron chi connectivity index (χ3n) is 2.92. The van der Waals surface area contributed by atoms with Crippen molar-refractivity contribution in [1.82, 2.24) is 10.6 Å². The van der Waals surface area contributed by atoms with Gasteiger partial charge in [-0.2, -0.15) is 0 Å². The van der Waals surface area contributed by atoms with E-state index in [-0.39, 0.29) is 18.7 Å². The van der Waals surface area contributed by atoms with Crippen molar-refractivity contribution in [2.75, 3.05) is 13.2 Å². The van der Waals surface area contributed by atoms with Crippen molar-refractivity contribution in [3.63, 3.8) is 0 Å². The van der Waals surface area contributed by atoms with E-state index in [4.69, 9.17) is 5.11 Å². The average Bonchev–Trinajstić information content (AvgIpc) is 2.40. The summed E-state index contributed by atoms with van der Waals surface area (Å²) in [6.45, 7) is 2.72. The zero-order chi connectivity index (χ0) is 13.9. The van der Waals surface area contributed by atoms with Crippen LogP contribution in [0.1, 0.15) is 31.7 Å². The Morgan fingerprint density at radius 2 is 2.05 bits per heavy atom. The van der Waals surface area contributed by atoms with Gasteiger partial charge in [-0.15, -0.1) is 0 Å². The van der Waals surface area contributed by atoms with E-state index in [0.29, 0.717) is 13.0 Å². The van der Waals surface area contributed by atoms with Gasteiger partial charge in [0.25, 0.3) is 0 Å². The molecule has 0 aliphatic carbocycles. The molecule has 1 rings (SSSR count). The van der Waals surface area contributed by atoms with Crippen LogP contribution in [0.3, 0.4) is 0 Å². The van der Waals surface area contributed by atoms with Crippen molar-refractivity contribution in [2.45, 2.75) is 38.6 Å². The fraction of sp³-hybridized carbons (Fsp3) is 0.533. The summed E-state index contributed by atoms with van der Waals surface area (Å²) in [5.41, 5.74) is 1.23. The molecule has 0 aromatic heterocycles. The Morgan fingerprint density at radius 3 is 2.68 bits per heavy atom. The molecule has 1 unspecified atom stereocenters. The Bertz CT molecular complexity index is 354. The van der Waals surface area contributed by atoms with Gasteiger partial charge in [0.2, 0.25) is 0 Å². The average molecular weight is 264 g/mol. The zero-order valence-electron chi connectivity index (χ0n) is 11.6. The normalized spacial score (nSPS) is 11.9. The van der Waals surface area contributed by atoms with Crippen LogP contribution in [0.15, 0.2) is 30.3 Å². The summed E-state index contributed by atoms with van der Waals surface area (Å²) < 4.78 is 0. The Labute approximate surface area is 115 Å². The maximum absolute atomic E-state index is 11.7. The first kappa shape index (κ1) is 15.5. The van der Waals surface area contributed by atoms with Crippen molar-refractivity contribution in [2.24, 2.45) is 0 Å². The molecule has 0 aliphatic heterocycles. The van der Waals surface area contributed by atoms with Gasteiger partial charge in [-0.1, -0.05) is 43.7 Å². The van der Waals surface area contributed by atoms with Gasteiger partial charge in [0.1, 0.15) is 0 Å². The van der Waals surface area contributed by atoms with Crippen LogP contribution in [0.2, 0.25) is 0 Å². The number of hydrogen-bond acceptors (Lipinski definition) is 2. The smallest absolute Gasteiger partial charge is 0.315 e. The minimum Gasteiger partial charge on any atom is -0.396 e. The molecule has 1 aromatic rings. The predicted octanol–water partition coefficient (Wildman–Crippen LogP) is 2.08. The third-order valence-corrected chi connectivity index (χ3v) is 2.92. The lowest BCUT2D eigenvalue weighted by atomic mass is 10.0. The largest absolute Gasteiger partial charge is 0.396 e. The molecule has 0 saturated carbocycles. The van der Waals surface area contributed by atoms with Crippen LogP contribution in [0.4, 0.5) is 4.79 Å². The number of aliphatic hydroxyl groups excluding tert-OH is 1. The molecule has 1 aromatic carbocycles. The fourth-order valence-corrected chi connectivity index (χ4v) is 1.99. The number of carbonyl (C=O) groups excluding carboxylic acids is 1. The molecular formula is C15H24N2O2. The van der Waals surface area contributed by atoms with Gasteiger partial charge >= 0.3 is 6.03 Å². The Morgan fingerprint density at radius 1 is 1.32 bits per heavy atom. The summed E-state index contributed by atoms with van der Waals surface area (Å²) in [5, 5.41) is 14.4. The van der Waals surface area contributed by atoms with E-state index in [0.717, 1.165) is 19.3 Å². The van der Waals surface area contributed by atoms with Crippen LogP contribution in [0.5, 0.6) is 0 Å². The van der Waals surface area contributed by atoms with Crippen LogP contribution >= 0.6 is 0 Å². The van der Waals surface area contributed by atoms with Gasteiger partial charge in [0.15, 0.2) is 0 Å². The number of carbonyl (C=O) groups is 1. The summed E-state index contributed by atoms with van der Waals surface area (Å²) >= 11 is 0. The number of hydrogen-bond donors (Lipinski definition) is 3. The van der Waals surface area contributed by atoms with E-state index in [1.807, 2.05) is 18.2 Å². The molecule has 0 radical (unpaired) electrons. The van der Waals surface area contributed by atoms with E-state index in [1.165, 1.54) is 5.56 Å². The Hall–Kier alpha value is -1.55. The van der Waals surface area contributed by atoms with Gasteiger partial charge in [-0.25, -0.2) is 4.79 Å². The summed E-state index contributed by atoms with van der Waals surface area (Å²) in [5.74, 6) is 0. The highest BCUT2D eigenvalue weighted by Crippen LogP contribution is 2.07. The number of urea groups is 1. The second-order valence-electron chi connectivity index (χ2n) is 4.65. The van der Waals surface area contributed by atoms with Gasteiger partial charge in [0.05, 0.1) is 0 Å². The maximum atomic E-state index is 11.7. The molecule has 3 N–H and O–H groups in total. The lowest BCUT2D eigenvalue weighted by Gasteiger charge is -2.18. The molecule has 1 atom stereocenters. The Kier molecular flexibility index (Phi) is 7.66. The summed E-state index contributed by atoms with van der Waals surface area (Å²) in [6, 6.07) is 10.2. The first-order valence-electron chi connectivity index (χ1n) is 6.95. The standard InChI is InChI=1S/C15H24N2O2/c1-2-7-14(12-13-8-4-3-5-9-13)17-15(19)16-10-6-11-18/h3-5,8-9,14,18H,2,6-7,10-12H2,1H3,(H2,16,17,19). The lowest BCUT2D eigenvalue weighted by molar-refractivity contribution is 0.233. The van der Waals surface area contributed by atoms with Gasteiger partial charge < -0.3 is 15.7 Å². The maximum Gasteiger partial charge on any atom is 0.315 e. The molecule has 0 heterocycles. The van der Waals surface area contributed by atoms with E-state index in [2.05, 4.69) is 29.7 Å². The van der Waals surface area contributed by atoms with Crippen LogP contribution in [0.25, 0.3) is 0 Å².